The van der Waals surface area contributed by atoms with Gasteiger partial charge in [-0.05, 0) is 41.5 Å². The van der Waals surface area contributed by atoms with E-state index in [1.165, 1.54) is 17.7 Å². The van der Waals surface area contributed by atoms with Crippen molar-refractivity contribution in [3.05, 3.63) is 99.8 Å². The molecule has 25 heavy (non-hydrogen) atoms. The van der Waals surface area contributed by atoms with Crippen LogP contribution in [0.5, 0.6) is 5.75 Å². The molecule has 3 aromatic rings. The molecule has 0 aliphatic heterocycles. The molecule has 2 nitrogen and oxygen atoms in total. The summed E-state index contributed by atoms with van der Waals surface area (Å²) in [5, 5.41) is 3.44. The summed E-state index contributed by atoms with van der Waals surface area (Å²) >= 11 is 3.51. The molecule has 0 heterocycles. The molecule has 3 aromatic carbocycles. The molecule has 0 aliphatic carbocycles. The molecule has 0 atom stereocenters. The molecule has 3 rings (SSSR count). The Morgan fingerprint density at radius 1 is 0.840 bits per heavy atom. The van der Waals surface area contributed by atoms with Crippen molar-refractivity contribution in [3.63, 3.8) is 0 Å². The second-order valence-electron chi connectivity index (χ2n) is 5.76. The first-order chi connectivity index (χ1) is 12.2. The molecule has 4 heteroatoms. The van der Waals surface area contributed by atoms with E-state index in [0.29, 0.717) is 13.2 Å². The summed E-state index contributed by atoms with van der Waals surface area (Å²) in [6.45, 7) is 1.91. The molecule has 0 aliphatic rings. The topological polar surface area (TPSA) is 21.3 Å². The Morgan fingerprint density at radius 3 is 2.36 bits per heavy atom. The van der Waals surface area contributed by atoms with Gasteiger partial charge in [0.25, 0.3) is 0 Å². The van der Waals surface area contributed by atoms with Crippen LogP contribution in [0.15, 0.2) is 77.3 Å². The van der Waals surface area contributed by atoms with Crippen LogP contribution in [0.2, 0.25) is 0 Å². The summed E-state index contributed by atoms with van der Waals surface area (Å²) < 4.78 is 19.9. The van der Waals surface area contributed by atoms with Crippen LogP contribution in [0.1, 0.15) is 16.7 Å². The zero-order chi connectivity index (χ0) is 17.5. The number of nitrogens with one attached hydrogen (secondary N) is 1. The molecule has 0 spiro atoms. The van der Waals surface area contributed by atoms with E-state index in [9.17, 15) is 4.39 Å². The smallest absolute Gasteiger partial charge is 0.124 e. The summed E-state index contributed by atoms with van der Waals surface area (Å²) in [5.41, 5.74) is 3.26. The summed E-state index contributed by atoms with van der Waals surface area (Å²) in [5.74, 6) is 0.589. The maximum absolute atomic E-state index is 13.0. The third-order valence-electron chi connectivity index (χ3n) is 3.82. The highest BCUT2D eigenvalue weighted by Crippen LogP contribution is 2.24. The van der Waals surface area contributed by atoms with Gasteiger partial charge < -0.3 is 10.1 Å². The zero-order valence-electron chi connectivity index (χ0n) is 13.7. The molecule has 0 radical (unpaired) electrons. The lowest BCUT2D eigenvalue weighted by molar-refractivity contribution is 0.302. The minimum atomic E-state index is -0.238. The van der Waals surface area contributed by atoms with E-state index in [0.717, 1.165) is 27.9 Å². The van der Waals surface area contributed by atoms with Gasteiger partial charge in [-0.3, -0.25) is 0 Å². The number of benzene rings is 3. The average molecular weight is 400 g/mol. The van der Waals surface area contributed by atoms with Gasteiger partial charge in [-0.2, -0.15) is 0 Å². The van der Waals surface area contributed by atoms with Crippen LogP contribution < -0.4 is 10.1 Å². The molecular weight excluding hydrogens is 381 g/mol. The van der Waals surface area contributed by atoms with Gasteiger partial charge in [0.15, 0.2) is 0 Å². The second kappa shape index (κ2) is 8.79. The highest BCUT2D eigenvalue weighted by Gasteiger charge is 2.06. The van der Waals surface area contributed by atoms with Gasteiger partial charge in [-0.15, -0.1) is 0 Å². The highest BCUT2D eigenvalue weighted by molar-refractivity contribution is 9.10. The Labute approximate surface area is 155 Å². The molecule has 0 saturated heterocycles. The number of hydrogen-bond donors (Lipinski definition) is 1. The van der Waals surface area contributed by atoms with Crippen LogP contribution in [0.25, 0.3) is 0 Å². The maximum Gasteiger partial charge on any atom is 0.124 e. The normalized spacial score (nSPS) is 10.6. The molecule has 0 saturated carbocycles. The van der Waals surface area contributed by atoms with Gasteiger partial charge in [0, 0.05) is 23.1 Å². The third-order valence-corrected chi connectivity index (χ3v) is 4.31. The van der Waals surface area contributed by atoms with Crippen LogP contribution in [0.3, 0.4) is 0 Å². The molecule has 0 aromatic heterocycles. The standard InChI is InChI=1S/C21H19BrFNO/c22-19-8-11-21(25-15-17-6-9-20(23)10-7-17)18(12-19)14-24-13-16-4-2-1-3-5-16/h1-12,24H,13-15H2. The van der Waals surface area contributed by atoms with E-state index in [1.54, 1.807) is 12.1 Å². The SMILES string of the molecule is Fc1ccc(COc2ccc(Br)cc2CNCc2ccccc2)cc1. The molecule has 0 bridgehead atoms. The molecule has 0 fully saturated rings. The lowest BCUT2D eigenvalue weighted by Crippen LogP contribution is -2.13. The first kappa shape index (κ1) is 17.6. The second-order valence-corrected chi connectivity index (χ2v) is 6.67. The predicted octanol–water partition coefficient (Wildman–Crippen LogP) is 5.46. The minimum Gasteiger partial charge on any atom is -0.489 e. The molecule has 128 valence electrons. The van der Waals surface area contributed by atoms with Crippen LogP contribution in [-0.2, 0) is 19.7 Å². The summed E-state index contributed by atoms with van der Waals surface area (Å²) in [7, 11) is 0. The van der Waals surface area contributed by atoms with Crippen molar-refractivity contribution in [1.82, 2.24) is 5.32 Å². The Morgan fingerprint density at radius 2 is 1.60 bits per heavy atom. The Hall–Kier alpha value is -2.17. The first-order valence-electron chi connectivity index (χ1n) is 8.11. The number of halogens is 2. The fourth-order valence-corrected chi connectivity index (χ4v) is 2.91. The lowest BCUT2D eigenvalue weighted by Gasteiger charge is -2.13. The van der Waals surface area contributed by atoms with Crippen LogP contribution in [-0.4, -0.2) is 0 Å². The fraction of sp³-hybridized carbons (Fsp3) is 0.143. The van der Waals surface area contributed by atoms with Gasteiger partial charge >= 0.3 is 0 Å². The van der Waals surface area contributed by atoms with Gasteiger partial charge in [0.2, 0.25) is 0 Å². The van der Waals surface area contributed by atoms with Gasteiger partial charge in [-0.1, -0.05) is 58.4 Å². The monoisotopic (exact) mass is 399 g/mol. The average Bonchev–Trinajstić information content (AvgIpc) is 2.63. The summed E-state index contributed by atoms with van der Waals surface area (Å²) in [6, 6.07) is 22.6. The van der Waals surface area contributed by atoms with Crippen molar-refractivity contribution in [1.29, 1.82) is 0 Å². The van der Waals surface area contributed by atoms with Crippen molar-refractivity contribution in [2.24, 2.45) is 0 Å². The summed E-state index contributed by atoms with van der Waals surface area (Å²) in [4.78, 5) is 0. The fourth-order valence-electron chi connectivity index (χ4n) is 2.51. The van der Waals surface area contributed by atoms with Gasteiger partial charge in [0.1, 0.15) is 18.2 Å². The highest BCUT2D eigenvalue weighted by atomic mass is 79.9. The van der Waals surface area contributed by atoms with E-state index in [-0.39, 0.29) is 5.82 Å². The van der Waals surface area contributed by atoms with Crippen molar-refractivity contribution in [2.75, 3.05) is 0 Å². The zero-order valence-corrected chi connectivity index (χ0v) is 15.3. The number of hydrogen-bond acceptors (Lipinski definition) is 2. The molecule has 0 amide bonds. The Kier molecular flexibility index (Phi) is 6.20. The Bertz CT molecular complexity index is 806. The van der Waals surface area contributed by atoms with Gasteiger partial charge in [-0.25, -0.2) is 4.39 Å². The molecule has 1 N–H and O–H groups in total. The molecule has 0 unspecified atom stereocenters. The maximum atomic E-state index is 13.0. The van der Waals surface area contributed by atoms with E-state index in [4.69, 9.17) is 4.74 Å². The van der Waals surface area contributed by atoms with Crippen molar-refractivity contribution in [3.8, 4) is 5.75 Å². The predicted molar refractivity (Wildman–Crippen MR) is 102 cm³/mol. The third kappa shape index (κ3) is 5.41. The largest absolute Gasteiger partial charge is 0.489 e. The van der Waals surface area contributed by atoms with Gasteiger partial charge in [0.05, 0.1) is 0 Å². The van der Waals surface area contributed by atoms with Crippen molar-refractivity contribution in [2.45, 2.75) is 19.7 Å². The molecular formula is C21H19BrFNO. The minimum absolute atomic E-state index is 0.238. The van der Waals surface area contributed by atoms with E-state index in [1.807, 2.05) is 30.3 Å². The van der Waals surface area contributed by atoms with Crippen molar-refractivity contribution < 1.29 is 9.13 Å². The Balaban J connectivity index is 1.62. The van der Waals surface area contributed by atoms with E-state index >= 15 is 0 Å². The van der Waals surface area contributed by atoms with Crippen LogP contribution in [0, 0.1) is 5.82 Å². The van der Waals surface area contributed by atoms with E-state index < -0.39 is 0 Å². The van der Waals surface area contributed by atoms with Crippen LogP contribution >= 0.6 is 15.9 Å². The van der Waals surface area contributed by atoms with Crippen molar-refractivity contribution >= 4 is 15.9 Å². The quantitative estimate of drug-likeness (QED) is 0.569. The van der Waals surface area contributed by atoms with Crippen LogP contribution in [0.4, 0.5) is 4.39 Å². The van der Waals surface area contributed by atoms with E-state index in [2.05, 4.69) is 39.4 Å². The summed E-state index contributed by atoms with van der Waals surface area (Å²) in [6.07, 6.45) is 0. The first-order valence-corrected chi connectivity index (χ1v) is 8.90. The number of rotatable bonds is 7. The lowest BCUT2D eigenvalue weighted by atomic mass is 10.2. The number of ether oxygens (including phenoxy) is 1.